The molecule has 5 rings (SSSR count). The smallest absolute Gasteiger partial charge is 0.350 e. The molecular weight excluding hydrogens is 538 g/mol. The highest BCUT2D eigenvalue weighted by Gasteiger charge is 2.31. The van der Waals surface area contributed by atoms with E-state index in [1.54, 1.807) is 21.6 Å². The molecule has 0 N–H and O–H groups in total. The third-order valence-electron chi connectivity index (χ3n) is 7.93. The molecule has 2 atom stereocenters. The van der Waals surface area contributed by atoms with Crippen molar-refractivity contribution >= 4 is 52.4 Å². The van der Waals surface area contributed by atoms with E-state index < -0.39 is 5.69 Å². The minimum absolute atomic E-state index is 0.0345. The average Bonchev–Trinajstić information content (AvgIpc) is 2.96. The Morgan fingerprint density at radius 2 is 1.90 bits per heavy atom. The Morgan fingerprint density at radius 1 is 1.15 bits per heavy atom. The summed E-state index contributed by atoms with van der Waals surface area (Å²) in [6.07, 6.45) is 4.74. The molecule has 0 saturated carbocycles. The highest BCUT2D eigenvalue weighted by atomic mass is 35.5. The predicted octanol–water partition coefficient (Wildman–Crippen LogP) is 5.69. The molecule has 0 aliphatic carbocycles. The summed E-state index contributed by atoms with van der Waals surface area (Å²) in [7, 11) is 0. The number of anilines is 1. The van der Waals surface area contributed by atoms with Gasteiger partial charge in [-0.2, -0.15) is 4.98 Å². The number of halogens is 1. The number of allylic oxidation sites excluding steroid dienone is 2. The molecule has 3 heterocycles. The van der Waals surface area contributed by atoms with E-state index in [1.165, 1.54) is 6.08 Å². The molecule has 9 heteroatoms. The maximum atomic E-state index is 14.1. The third kappa shape index (κ3) is 5.12. The molecule has 212 valence electrons. The topological polar surface area (TPSA) is 87.9 Å². The van der Waals surface area contributed by atoms with Crippen molar-refractivity contribution in [3.63, 3.8) is 0 Å². The Labute approximate surface area is 244 Å². The number of piperazine rings is 1. The molecule has 1 aromatic heterocycles. The first-order valence-corrected chi connectivity index (χ1v) is 14.3. The summed E-state index contributed by atoms with van der Waals surface area (Å²) in [5.74, 6) is 0.525. The van der Waals surface area contributed by atoms with Crippen LogP contribution in [0.25, 0.3) is 27.7 Å². The molecule has 1 fully saturated rings. The van der Waals surface area contributed by atoms with Crippen molar-refractivity contribution in [1.82, 2.24) is 14.5 Å². The first-order valence-electron chi connectivity index (χ1n) is 13.9. The van der Waals surface area contributed by atoms with E-state index in [1.807, 2.05) is 37.4 Å². The van der Waals surface area contributed by atoms with E-state index in [0.29, 0.717) is 59.1 Å². The second-order valence-corrected chi connectivity index (χ2v) is 11.4. The van der Waals surface area contributed by atoms with Gasteiger partial charge in [-0.25, -0.2) is 4.79 Å². The molecule has 2 aliphatic rings. The summed E-state index contributed by atoms with van der Waals surface area (Å²) >= 11 is 6.93. The van der Waals surface area contributed by atoms with Gasteiger partial charge in [0.1, 0.15) is 5.82 Å². The van der Waals surface area contributed by atoms with Crippen molar-refractivity contribution in [1.29, 1.82) is 0 Å². The molecule has 2 aliphatic heterocycles. The van der Waals surface area contributed by atoms with Crippen LogP contribution in [-0.4, -0.2) is 58.5 Å². The lowest BCUT2D eigenvalue weighted by Crippen LogP contribution is -2.54. The largest absolute Gasteiger partial charge is 0.354 e. The van der Waals surface area contributed by atoms with Crippen LogP contribution in [0.1, 0.15) is 44.5 Å². The third-order valence-corrected chi connectivity index (χ3v) is 8.24. The second-order valence-electron chi connectivity index (χ2n) is 11.0. The second kappa shape index (κ2) is 11.4. The minimum Gasteiger partial charge on any atom is -0.350 e. The standard InChI is InChI=1S/C32H34ClN5O3/c1-6-28(40)36-13-14-37(21(5)17-36)31-25-15-26(33)24(23-10-8-7-9-22(23)18-39)16-27(25)38(32(41)35-31)30-20(4)11-12-34-29(30)19(2)3/h6-10,12,15-16,18-21H,1,11,13-14,17H2,2-5H3/t20?,21-/m0/s1. The van der Waals surface area contributed by atoms with Gasteiger partial charge in [-0.05, 0) is 43.0 Å². The summed E-state index contributed by atoms with van der Waals surface area (Å²) < 4.78 is 1.68. The van der Waals surface area contributed by atoms with E-state index >= 15 is 0 Å². The van der Waals surface area contributed by atoms with E-state index in [4.69, 9.17) is 16.6 Å². The van der Waals surface area contributed by atoms with Crippen LogP contribution >= 0.6 is 11.6 Å². The van der Waals surface area contributed by atoms with Gasteiger partial charge >= 0.3 is 5.69 Å². The van der Waals surface area contributed by atoms with Crippen molar-refractivity contribution < 1.29 is 9.59 Å². The van der Waals surface area contributed by atoms with Gasteiger partial charge in [-0.3, -0.25) is 19.1 Å². The molecule has 1 unspecified atom stereocenters. The van der Waals surface area contributed by atoms with Gasteiger partial charge < -0.3 is 9.80 Å². The van der Waals surface area contributed by atoms with Crippen LogP contribution < -0.4 is 10.6 Å². The number of amides is 1. The Morgan fingerprint density at radius 3 is 2.59 bits per heavy atom. The van der Waals surface area contributed by atoms with Crippen molar-refractivity contribution in [3.05, 3.63) is 75.8 Å². The summed E-state index contributed by atoms with van der Waals surface area (Å²) in [6, 6.07) is 10.9. The Balaban J connectivity index is 1.81. The molecular formula is C32H34ClN5O3. The Hall–Kier alpha value is -4.04. The van der Waals surface area contributed by atoms with E-state index in [9.17, 15) is 14.4 Å². The quantitative estimate of drug-likeness (QED) is 0.280. The fraction of sp³-hybridized carbons (Fsp3) is 0.344. The number of carbonyl (C=O) groups excluding carboxylic acids is 2. The number of aliphatic imine (C=N–C) groups is 1. The fourth-order valence-electron chi connectivity index (χ4n) is 5.85. The molecule has 1 amide bonds. The van der Waals surface area contributed by atoms with Gasteiger partial charge in [-0.15, -0.1) is 0 Å². The highest BCUT2D eigenvalue weighted by molar-refractivity contribution is 6.34. The normalized spacial score (nSPS) is 19.3. The van der Waals surface area contributed by atoms with Crippen LogP contribution in [0.4, 0.5) is 5.82 Å². The Kier molecular flexibility index (Phi) is 7.95. The fourth-order valence-corrected chi connectivity index (χ4v) is 6.12. The lowest BCUT2D eigenvalue weighted by Gasteiger charge is -2.40. The van der Waals surface area contributed by atoms with Crippen LogP contribution in [0.15, 0.2) is 64.5 Å². The molecule has 0 spiro atoms. The number of aromatic nitrogens is 2. The van der Waals surface area contributed by atoms with Crippen molar-refractivity contribution in [3.8, 4) is 11.1 Å². The first-order chi connectivity index (χ1) is 19.7. The number of rotatable bonds is 6. The summed E-state index contributed by atoms with van der Waals surface area (Å²) in [5, 5.41) is 1.16. The zero-order valence-electron chi connectivity index (χ0n) is 23.8. The van der Waals surface area contributed by atoms with Gasteiger partial charge in [0.25, 0.3) is 0 Å². The highest BCUT2D eigenvalue weighted by Crippen LogP contribution is 2.39. The van der Waals surface area contributed by atoms with Gasteiger partial charge in [0.2, 0.25) is 5.91 Å². The number of fused-ring (bicyclic) bond motifs is 1. The van der Waals surface area contributed by atoms with Crippen LogP contribution in [0.5, 0.6) is 0 Å². The minimum atomic E-state index is -0.404. The molecule has 0 bridgehead atoms. The number of nitrogens with zero attached hydrogens (tertiary/aromatic N) is 5. The molecule has 2 aromatic carbocycles. The van der Waals surface area contributed by atoms with E-state index in [-0.39, 0.29) is 23.8 Å². The summed E-state index contributed by atoms with van der Waals surface area (Å²) in [5.41, 5.74) is 3.75. The number of aldehydes is 1. The summed E-state index contributed by atoms with van der Waals surface area (Å²) in [6.45, 7) is 13.3. The van der Waals surface area contributed by atoms with Crippen molar-refractivity contribution in [2.75, 3.05) is 24.5 Å². The number of benzene rings is 2. The van der Waals surface area contributed by atoms with Crippen molar-refractivity contribution in [2.45, 2.75) is 40.2 Å². The van der Waals surface area contributed by atoms with Gasteiger partial charge in [0.15, 0.2) is 6.29 Å². The lowest BCUT2D eigenvalue weighted by atomic mass is 9.94. The maximum absolute atomic E-state index is 14.1. The van der Waals surface area contributed by atoms with Crippen LogP contribution in [0.2, 0.25) is 5.02 Å². The molecule has 8 nitrogen and oxygen atoms in total. The van der Waals surface area contributed by atoms with Gasteiger partial charge in [0, 0.05) is 59.3 Å². The average molecular weight is 572 g/mol. The van der Waals surface area contributed by atoms with Crippen molar-refractivity contribution in [2.24, 2.45) is 16.8 Å². The van der Waals surface area contributed by atoms with Gasteiger partial charge in [0.05, 0.1) is 16.9 Å². The number of hydrogen-bond acceptors (Lipinski definition) is 6. The summed E-state index contributed by atoms with van der Waals surface area (Å²) in [4.78, 5) is 51.5. The molecule has 1 saturated heterocycles. The van der Waals surface area contributed by atoms with Crippen LogP contribution in [0, 0.1) is 11.8 Å². The van der Waals surface area contributed by atoms with E-state index in [2.05, 4.69) is 37.2 Å². The monoisotopic (exact) mass is 571 g/mol. The lowest BCUT2D eigenvalue weighted by molar-refractivity contribution is -0.126. The SMILES string of the molecule is C=CC(=O)N1CCN(c2nc(=O)n(C3=C(C(C)C)N=CCC3C)c3cc(-c4ccccc4C=O)c(Cl)cc23)[C@@H](C)C1. The predicted molar refractivity (Wildman–Crippen MR) is 166 cm³/mol. The number of hydrogen-bond donors (Lipinski definition) is 0. The maximum Gasteiger partial charge on any atom is 0.354 e. The van der Waals surface area contributed by atoms with Gasteiger partial charge in [-0.1, -0.05) is 63.2 Å². The zero-order valence-corrected chi connectivity index (χ0v) is 24.6. The van der Waals surface area contributed by atoms with Crippen LogP contribution in [0.3, 0.4) is 0 Å². The van der Waals surface area contributed by atoms with E-state index in [0.717, 1.165) is 23.1 Å². The van der Waals surface area contributed by atoms with Crippen LogP contribution in [-0.2, 0) is 4.79 Å². The first kappa shape index (κ1) is 28.5. The zero-order chi connectivity index (χ0) is 29.4. The Bertz CT molecular complexity index is 1670. The molecule has 41 heavy (non-hydrogen) atoms. The number of carbonyl (C=O) groups is 2. The molecule has 0 radical (unpaired) electrons. The molecule has 3 aromatic rings.